The standard InChI is InChI=1S/C16H19NO3/c18-12-17-16(7-1-2-8-16)13-4-3-5-14(10-13)20-15-6-9-19-11-15/h3-5,10,15H,1-2,6-9,11H2. The van der Waals surface area contributed by atoms with Crippen LogP contribution in [0.3, 0.4) is 0 Å². The maximum atomic E-state index is 10.8. The molecular formula is C16H19NO3. The van der Waals surface area contributed by atoms with E-state index < -0.39 is 0 Å². The molecule has 0 N–H and O–H groups in total. The molecule has 4 heteroatoms. The quantitative estimate of drug-likeness (QED) is 0.626. The van der Waals surface area contributed by atoms with Crippen molar-refractivity contribution in [2.75, 3.05) is 13.2 Å². The van der Waals surface area contributed by atoms with Crippen LogP contribution in [-0.4, -0.2) is 25.4 Å². The van der Waals surface area contributed by atoms with Gasteiger partial charge in [-0.3, -0.25) is 0 Å². The monoisotopic (exact) mass is 273 g/mol. The third kappa shape index (κ3) is 2.62. The Bertz CT molecular complexity index is 510. The van der Waals surface area contributed by atoms with Crippen LogP contribution in [0.2, 0.25) is 0 Å². The third-order valence-electron chi connectivity index (χ3n) is 4.25. The van der Waals surface area contributed by atoms with E-state index in [4.69, 9.17) is 9.47 Å². The summed E-state index contributed by atoms with van der Waals surface area (Å²) < 4.78 is 11.3. The highest BCUT2D eigenvalue weighted by Crippen LogP contribution is 2.42. The molecule has 1 aliphatic heterocycles. The molecule has 1 unspecified atom stereocenters. The van der Waals surface area contributed by atoms with Crippen molar-refractivity contribution >= 4 is 6.08 Å². The van der Waals surface area contributed by atoms with Gasteiger partial charge in [-0.05, 0) is 30.5 Å². The molecule has 1 aromatic rings. The number of hydrogen-bond donors (Lipinski definition) is 0. The Hall–Kier alpha value is -1.64. The van der Waals surface area contributed by atoms with Crippen molar-refractivity contribution in [1.29, 1.82) is 0 Å². The molecule has 1 aromatic carbocycles. The Morgan fingerprint density at radius 2 is 2.20 bits per heavy atom. The normalized spacial score (nSPS) is 24.3. The lowest BCUT2D eigenvalue weighted by Gasteiger charge is -2.23. The summed E-state index contributed by atoms with van der Waals surface area (Å²) in [6.07, 6.45) is 6.86. The van der Waals surface area contributed by atoms with Crippen molar-refractivity contribution in [2.45, 2.75) is 43.7 Å². The Labute approximate surface area is 118 Å². The molecule has 1 heterocycles. The first-order valence-corrected chi connectivity index (χ1v) is 7.26. The zero-order valence-electron chi connectivity index (χ0n) is 11.5. The van der Waals surface area contributed by atoms with Crippen molar-refractivity contribution in [3.05, 3.63) is 29.8 Å². The van der Waals surface area contributed by atoms with E-state index in [9.17, 15) is 4.79 Å². The van der Waals surface area contributed by atoms with Gasteiger partial charge in [-0.2, -0.15) is 4.99 Å². The number of isocyanates is 1. The summed E-state index contributed by atoms with van der Waals surface area (Å²) in [5, 5.41) is 0. The number of nitrogens with zero attached hydrogens (tertiary/aromatic N) is 1. The molecular weight excluding hydrogens is 254 g/mol. The fourth-order valence-corrected chi connectivity index (χ4v) is 3.17. The predicted octanol–water partition coefficient (Wildman–Crippen LogP) is 2.96. The first-order chi connectivity index (χ1) is 9.82. The second kappa shape index (κ2) is 5.78. The largest absolute Gasteiger partial charge is 0.488 e. The van der Waals surface area contributed by atoms with E-state index in [1.54, 1.807) is 6.08 Å². The number of aliphatic imine (C=N–C) groups is 1. The van der Waals surface area contributed by atoms with Gasteiger partial charge in [-0.1, -0.05) is 25.0 Å². The highest BCUT2D eigenvalue weighted by molar-refractivity contribution is 5.41. The van der Waals surface area contributed by atoms with E-state index in [0.717, 1.165) is 50.0 Å². The van der Waals surface area contributed by atoms with Gasteiger partial charge in [-0.15, -0.1) is 0 Å². The Balaban J connectivity index is 1.83. The van der Waals surface area contributed by atoms with Crippen LogP contribution in [0.4, 0.5) is 0 Å². The van der Waals surface area contributed by atoms with Gasteiger partial charge in [0.1, 0.15) is 11.9 Å². The van der Waals surface area contributed by atoms with E-state index in [-0.39, 0.29) is 11.6 Å². The first kappa shape index (κ1) is 13.3. The molecule has 1 saturated carbocycles. The molecule has 20 heavy (non-hydrogen) atoms. The smallest absolute Gasteiger partial charge is 0.235 e. The molecule has 2 aliphatic rings. The van der Waals surface area contributed by atoms with Crippen LogP contribution < -0.4 is 4.74 Å². The summed E-state index contributed by atoms with van der Waals surface area (Å²) in [6, 6.07) is 7.98. The molecule has 2 fully saturated rings. The number of carbonyl (C=O) groups excluding carboxylic acids is 1. The Kier molecular flexibility index (Phi) is 3.86. The summed E-state index contributed by atoms with van der Waals surface area (Å²) in [4.78, 5) is 14.9. The molecule has 0 radical (unpaired) electrons. The van der Waals surface area contributed by atoms with Crippen LogP contribution >= 0.6 is 0 Å². The summed E-state index contributed by atoms with van der Waals surface area (Å²) >= 11 is 0. The second-order valence-electron chi connectivity index (χ2n) is 5.57. The van der Waals surface area contributed by atoms with Gasteiger partial charge >= 0.3 is 0 Å². The van der Waals surface area contributed by atoms with Crippen LogP contribution in [0.25, 0.3) is 0 Å². The molecule has 1 saturated heterocycles. The molecule has 4 nitrogen and oxygen atoms in total. The summed E-state index contributed by atoms with van der Waals surface area (Å²) in [6.45, 7) is 1.42. The number of ether oxygens (including phenoxy) is 2. The Morgan fingerprint density at radius 1 is 1.35 bits per heavy atom. The lowest BCUT2D eigenvalue weighted by atomic mass is 9.89. The lowest BCUT2D eigenvalue weighted by Crippen LogP contribution is -2.20. The van der Waals surface area contributed by atoms with Gasteiger partial charge < -0.3 is 9.47 Å². The summed E-state index contributed by atoms with van der Waals surface area (Å²) in [5.74, 6) is 0.838. The minimum atomic E-state index is -0.382. The van der Waals surface area contributed by atoms with Crippen molar-refractivity contribution in [3.63, 3.8) is 0 Å². The predicted molar refractivity (Wildman–Crippen MR) is 74.6 cm³/mol. The fraction of sp³-hybridized carbons (Fsp3) is 0.562. The minimum absolute atomic E-state index is 0.138. The highest BCUT2D eigenvalue weighted by atomic mass is 16.5. The fourth-order valence-electron chi connectivity index (χ4n) is 3.17. The van der Waals surface area contributed by atoms with Gasteiger partial charge in [0.2, 0.25) is 6.08 Å². The summed E-state index contributed by atoms with van der Waals surface area (Å²) in [7, 11) is 0. The molecule has 0 bridgehead atoms. The van der Waals surface area contributed by atoms with Crippen LogP contribution in [0.1, 0.15) is 37.7 Å². The summed E-state index contributed by atoms with van der Waals surface area (Å²) in [5.41, 5.74) is 0.683. The van der Waals surface area contributed by atoms with E-state index in [0.29, 0.717) is 6.61 Å². The maximum absolute atomic E-state index is 10.8. The molecule has 3 rings (SSSR count). The molecule has 0 spiro atoms. The van der Waals surface area contributed by atoms with E-state index in [1.807, 2.05) is 24.3 Å². The topological polar surface area (TPSA) is 47.9 Å². The maximum Gasteiger partial charge on any atom is 0.235 e. The zero-order chi connectivity index (χ0) is 13.8. The van der Waals surface area contributed by atoms with Gasteiger partial charge in [0.05, 0.1) is 18.8 Å². The van der Waals surface area contributed by atoms with Crippen LogP contribution in [-0.2, 0) is 15.1 Å². The third-order valence-corrected chi connectivity index (χ3v) is 4.25. The van der Waals surface area contributed by atoms with Crippen molar-refractivity contribution in [3.8, 4) is 5.75 Å². The first-order valence-electron chi connectivity index (χ1n) is 7.26. The molecule has 0 amide bonds. The zero-order valence-corrected chi connectivity index (χ0v) is 11.5. The van der Waals surface area contributed by atoms with Crippen LogP contribution in [0, 0.1) is 0 Å². The van der Waals surface area contributed by atoms with E-state index >= 15 is 0 Å². The van der Waals surface area contributed by atoms with Gasteiger partial charge in [0, 0.05) is 6.42 Å². The molecule has 0 aromatic heterocycles. The molecule has 1 aliphatic carbocycles. The van der Waals surface area contributed by atoms with Crippen LogP contribution in [0.15, 0.2) is 29.3 Å². The van der Waals surface area contributed by atoms with Crippen molar-refractivity contribution < 1.29 is 14.3 Å². The van der Waals surface area contributed by atoms with Crippen molar-refractivity contribution in [1.82, 2.24) is 0 Å². The van der Waals surface area contributed by atoms with Gasteiger partial charge in [-0.25, -0.2) is 4.79 Å². The number of hydrogen-bond acceptors (Lipinski definition) is 4. The van der Waals surface area contributed by atoms with Gasteiger partial charge in [0.25, 0.3) is 0 Å². The molecule has 106 valence electrons. The Morgan fingerprint density at radius 3 is 2.90 bits per heavy atom. The number of rotatable bonds is 4. The minimum Gasteiger partial charge on any atom is -0.488 e. The SMILES string of the molecule is O=C=NC1(c2cccc(OC3CCOC3)c2)CCCC1. The van der Waals surface area contributed by atoms with Gasteiger partial charge in [0.15, 0.2) is 0 Å². The molecule has 1 atom stereocenters. The van der Waals surface area contributed by atoms with E-state index in [2.05, 4.69) is 4.99 Å². The van der Waals surface area contributed by atoms with Crippen molar-refractivity contribution in [2.24, 2.45) is 4.99 Å². The van der Waals surface area contributed by atoms with E-state index in [1.165, 1.54) is 0 Å². The number of benzene rings is 1. The average molecular weight is 273 g/mol. The van der Waals surface area contributed by atoms with Crippen LogP contribution in [0.5, 0.6) is 5.75 Å². The highest BCUT2D eigenvalue weighted by Gasteiger charge is 2.35. The lowest BCUT2D eigenvalue weighted by molar-refractivity contribution is 0.141. The second-order valence-corrected chi connectivity index (χ2v) is 5.57. The average Bonchev–Trinajstić information content (AvgIpc) is 3.12.